The molecule has 18 heteroatoms. The Morgan fingerprint density at radius 2 is 1.61 bits per heavy atom. The second kappa shape index (κ2) is 23.0. The number of esters is 1. The predicted molar refractivity (Wildman–Crippen MR) is 276 cm³/mol. The minimum absolute atomic E-state index is 0.136. The fourth-order valence-electron chi connectivity index (χ4n) is 9.38. The molecule has 2 aliphatic heterocycles. The highest BCUT2D eigenvalue weighted by Gasteiger charge is 2.51. The molecule has 0 unspecified atom stereocenters. The van der Waals surface area contributed by atoms with Gasteiger partial charge in [-0.3, -0.25) is 24.1 Å². The lowest BCUT2D eigenvalue weighted by Crippen LogP contribution is -2.65. The van der Waals surface area contributed by atoms with E-state index in [1.165, 1.54) is 16.9 Å². The maximum Gasteiger partial charge on any atom is 0.410 e. The van der Waals surface area contributed by atoms with Crippen molar-refractivity contribution in [2.24, 2.45) is 18.9 Å². The standard InChI is InChI=1S/C54H71Cl2N7O9/c1-34(2)42(50(67)69-12)27-47(64)62(30-38-16-21-40(56)26-45(38)71-41-22-17-37(18-23-41)43-29-57-46(60(43)11)31-59(9)10)35(3)49(66)63-44(32-70-53(63,7)8)48(65)58-54(28-36-14-19-39(55)20-15-36)24-13-25-61(33-54)51(68)72-52(4,5)6/h14-23,26,29,34-35,42,44H,13,24-25,27-28,30-33H2,1-12H3,(H,58,65)/t35-,42+,44-,54+/m0/s1. The van der Waals surface area contributed by atoms with E-state index in [0.29, 0.717) is 59.5 Å². The van der Waals surface area contributed by atoms with Gasteiger partial charge < -0.3 is 43.5 Å². The minimum Gasteiger partial charge on any atom is -0.469 e. The highest BCUT2D eigenvalue weighted by atomic mass is 35.5. The number of methoxy groups -OCH3 is 1. The summed E-state index contributed by atoms with van der Waals surface area (Å²) in [7, 11) is 7.23. The number of ether oxygens (including phenoxy) is 4. The normalized spacial score (nSPS) is 18.7. The zero-order valence-electron chi connectivity index (χ0n) is 43.7. The van der Waals surface area contributed by atoms with Crippen LogP contribution in [0.25, 0.3) is 11.3 Å². The van der Waals surface area contributed by atoms with E-state index in [-0.39, 0.29) is 32.0 Å². The molecule has 1 N–H and O–H groups in total. The van der Waals surface area contributed by atoms with Gasteiger partial charge in [0.15, 0.2) is 0 Å². The Balaban J connectivity index is 1.31. The van der Waals surface area contributed by atoms with Crippen molar-refractivity contribution in [1.29, 1.82) is 0 Å². The van der Waals surface area contributed by atoms with Gasteiger partial charge in [0, 0.05) is 47.7 Å². The maximum atomic E-state index is 15.3. The van der Waals surface area contributed by atoms with Crippen molar-refractivity contribution in [1.82, 2.24) is 34.5 Å². The molecule has 3 heterocycles. The van der Waals surface area contributed by atoms with Gasteiger partial charge in [-0.15, -0.1) is 0 Å². The second-order valence-corrected chi connectivity index (χ2v) is 21.9. The predicted octanol–water partition coefficient (Wildman–Crippen LogP) is 8.89. The van der Waals surface area contributed by atoms with Crippen LogP contribution in [0.2, 0.25) is 10.0 Å². The zero-order valence-corrected chi connectivity index (χ0v) is 45.2. The van der Waals surface area contributed by atoms with Crippen molar-refractivity contribution >= 4 is 53.0 Å². The number of carbonyl (C=O) groups is 5. The monoisotopic (exact) mass is 1030 g/mol. The number of imidazole rings is 1. The number of rotatable bonds is 17. The van der Waals surface area contributed by atoms with E-state index in [9.17, 15) is 19.2 Å². The van der Waals surface area contributed by atoms with Gasteiger partial charge >= 0.3 is 12.1 Å². The van der Waals surface area contributed by atoms with Crippen LogP contribution in [0.3, 0.4) is 0 Å². The van der Waals surface area contributed by atoms with Crippen LogP contribution in [0.5, 0.6) is 11.5 Å². The lowest BCUT2D eigenvalue weighted by molar-refractivity contribution is -0.159. The summed E-state index contributed by atoms with van der Waals surface area (Å²) in [5.74, 6) is -1.43. The van der Waals surface area contributed by atoms with Crippen LogP contribution in [0.4, 0.5) is 4.79 Å². The summed E-state index contributed by atoms with van der Waals surface area (Å²) in [5, 5.41) is 4.23. The van der Waals surface area contributed by atoms with Crippen LogP contribution in [-0.2, 0) is 59.9 Å². The van der Waals surface area contributed by atoms with E-state index in [2.05, 4.69) is 15.2 Å². The number of piperidine rings is 1. The SMILES string of the molecule is COC(=O)[C@H](CC(=O)N(Cc1ccc(Cl)cc1Oc1ccc(-c2cnc(CN(C)C)n2C)cc1)[C@@H](C)C(=O)N1[C@H](C(=O)N[C@@]2(Cc3ccc(Cl)cc3)CCCN(C(=O)OC(C)(C)C)C2)COC1(C)C)C(C)C. The number of benzene rings is 3. The third kappa shape index (κ3) is 13.7. The Hall–Kier alpha value is -5.68. The van der Waals surface area contributed by atoms with E-state index in [4.69, 9.17) is 42.1 Å². The highest BCUT2D eigenvalue weighted by Crippen LogP contribution is 2.36. The highest BCUT2D eigenvalue weighted by molar-refractivity contribution is 6.31. The summed E-state index contributed by atoms with van der Waals surface area (Å²) in [5.41, 5.74) is 0.282. The van der Waals surface area contributed by atoms with Gasteiger partial charge in [-0.2, -0.15) is 0 Å². The molecule has 2 saturated heterocycles. The fraction of sp³-hybridized carbons (Fsp3) is 0.519. The van der Waals surface area contributed by atoms with Crippen molar-refractivity contribution in [3.05, 3.63) is 99.9 Å². The molecule has 6 rings (SSSR count). The third-order valence-corrected chi connectivity index (χ3v) is 13.7. The van der Waals surface area contributed by atoms with Crippen molar-refractivity contribution in [2.45, 2.75) is 123 Å². The van der Waals surface area contributed by atoms with Crippen molar-refractivity contribution in [2.75, 3.05) is 40.9 Å². The molecule has 0 saturated carbocycles. The molecule has 1 aromatic heterocycles. The van der Waals surface area contributed by atoms with E-state index < -0.39 is 64.7 Å². The molecule has 16 nitrogen and oxygen atoms in total. The number of nitrogens with one attached hydrogen (secondary N) is 1. The number of carbonyl (C=O) groups excluding carboxylic acids is 5. The van der Waals surface area contributed by atoms with Crippen LogP contribution in [0.15, 0.2) is 72.9 Å². The summed E-state index contributed by atoms with van der Waals surface area (Å²) in [6.07, 6.45) is 2.54. The van der Waals surface area contributed by atoms with Crippen LogP contribution >= 0.6 is 23.2 Å². The molecule has 4 atom stereocenters. The van der Waals surface area contributed by atoms with E-state index in [1.54, 1.807) is 76.8 Å². The lowest BCUT2D eigenvalue weighted by atomic mass is 9.82. The maximum absolute atomic E-state index is 15.3. The molecule has 2 fully saturated rings. The average molecular weight is 1030 g/mol. The van der Waals surface area contributed by atoms with E-state index in [0.717, 1.165) is 22.6 Å². The lowest BCUT2D eigenvalue weighted by Gasteiger charge is -2.45. The van der Waals surface area contributed by atoms with Gasteiger partial charge in [0.25, 0.3) is 0 Å². The number of halogens is 2. The number of likely N-dealkylation sites (tertiary alicyclic amines) is 1. The van der Waals surface area contributed by atoms with Gasteiger partial charge in [0.1, 0.15) is 40.7 Å². The molecule has 4 aromatic rings. The minimum atomic E-state index is -1.29. The fourth-order valence-corrected chi connectivity index (χ4v) is 9.67. The average Bonchev–Trinajstić information content (AvgIpc) is 3.83. The molecular formula is C54H71Cl2N7O9. The van der Waals surface area contributed by atoms with E-state index >= 15 is 4.79 Å². The first-order valence-corrected chi connectivity index (χ1v) is 25.2. The Morgan fingerprint density at radius 1 is 0.944 bits per heavy atom. The molecule has 0 radical (unpaired) electrons. The van der Waals surface area contributed by atoms with Crippen LogP contribution in [0, 0.1) is 11.8 Å². The largest absolute Gasteiger partial charge is 0.469 e. The third-order valence-electron chi connectivity index (χ3n) is 13.2. The Labute approximate surface area is 434 Å². The summed E-state index contributed by atoms with van der Waals surface area (Å²) < 4.78 is 25.6. The van der Waals surface area contributed by atoms with E-state index in [1.807, 2.05) is 82.2 Å². The first-order chi connectivity index (χ1) is 33.8. The molecule has 72 heavy (non-hydrogen) atoms. The topological polar surface area (TPSA) is 165 Å². The zero-order chi connectivity index (χ0) is 52.9. The molecule has 3 aromatic carbocycles. The van der Waals surface area contributed by atoms with Crippen molar-refractivity contribution in [3.63, 3.8) is 0 Å². The summed E-state index contributed by atoms with van der Waals surface area (Å²) in [6, 6.07) is 17.6. The number of amides is 4. The molecule has 2 aliphatic rings. The number of hydrogen-bond acceptors (Lipinski definition) is 11. The molecular weight excluding hydrogens is 962 g/mol. The molecule has 390 valence electrons. The van der Waals surface area contributed by atoms with Crippen molar-refractivity contribution in [3.8, 4) is 22.8 Å². The summed E-state index contributed by atoms with van der Waals surface area (Å²) in [4.78, 5) is 82.7. The Morgan fingerprint density at radius 3 is 2.24 bits per heavy atom. The van der Waals surface area contributed by atoms with Gasteiger partial charge in [-0.05, 0) is 135 Å². The first kappa shape index (κ1) is 55.6. The smallest absolute Gasteiger partial charge is 0.410 e. The van der Waals surface area contributed by atoms with Crippen LogP contribution in [0.1, 0.15) is 91.6 Å². The summed E-state index contributed by atoms with van der Waals surface area (Å²) >= 11 is 12.8. The number of nitrogens with zero attached hydrogens (tertiary/aromatic N) is 6. The van der Waals surface area contributed by atoms with Crippen LogP contribution in [-0.4, -0.2) is 129 Å². The molecule has 0 spiro atoms. The molecule has 4 amide bonds. The van der Waals surface area contributed by atoms with Gasteiger partial charge in [0.05, 0.1) is 50.2 Å². The van der Waals surface area contributed by atoms with Gasteiger partial charge in [0.2, 0.25) is 17.7 Å². The van der Waals surface area contributed by atoms with Gasteiger partial charge in [-0.1, -0.05) is 55.2 Å². The Kier molecular flexibility index (Phi) is 17.8. The quantitative estimate of drug-likeness (QED) is 0.100. The Bertz CT molecular complexity index is 2580. The molecule has 0 bridgehead atoms. The van der Waals surface area contributed by atoms with Crippen LogP contribution < -0.4 is 10.1 Å². The first-order valence-electron chi connectivity index (χ1n) is 24.4. The number of aromatic nitrogens is 2. The second-order valence-electron chi connectivity index (χ2n) is 21.1. The summed E-state index contributed by atoms with van der Waals surface area (Å²) in [6.45, 7) is 15.1. The number of hydrogen-bond donors (Lipinski definition) is 1. The van der Waals surface area contributed by atoms with Crippen molar-refractivity contribution < 1.29 is 42.9 Å². The van der Waals surface area contributed by atoms with Gasteiger partial charge in [-0.25, -0.2) is 9.78 Å². The molecule has 0 aliphatic carbocycles.